The van der Waals surface area contributed by atoms with Gasteiger partial charge in [0.25, 0.3) is 5.91 Å². The zero-order valence-electron chi connectivity index (χ0n) is 12.3. The highest BCUT2D eigenvalue weighted by atomic mass is 16.2. The second kappa shape index (κ2) is 5.97. The Morgan fingerprint density at radius 2 is 1.77 bits per heavy atom. The average Bonchev–Trinajstić information content (AvgIpc) is 2.77. The lowest BCUT2D eigenvalue weighted by molar-refractivity contribution is -0.126. The molecule has 1 saturated heterocycles. The fourth-order valence-electron chi connectivity index (χ4n) is 2.63. The van der Waals surface area contributed by atoms with Gasteiger partial charge in [-0.3, -0.25) is 19.6 Å². The summed E-state index contributed by atoms with van der Waals surface area (Å²) in [7, 11) is 0. The van der Waals surface area contributed by atoms with Crippen LogP contribution < -0.4 is 4.90 Å². The number of hydrogen-bond donors (Lipinski definition) is 0. The zero-order valence-corrected chi connectivity index (χ0v) is 12.3. The van der Waals surface area contributed by atoms with E-state index in [1.165, 1.54) is 4.90 Å². The van der Waals surface area contributed by atoms with Crippen molar-refractivity contribution in [2.24, 2.45) is 0 Å². The Balaban J connectivity index is 1.76. The number of benzene rings is 1. The van der Waals surface area contributed by atoms with Gasteiger partial charge in [-0.05, 0) is 31.2 Å². The number of urea groups is 1. The lowest BCUT2D eigenvalue weighted by atomic mass is 10.2. The number of nitrogens with zero attached hydrogens (tertiary/aromatic N) is 3. The molecule has 3 rings (SSSR count). The van der Waals surface area contributed by atoms with Crippen molar-refractivity contribution in [3.63, 3.8) is 0 Å². The summed E-state index contributed by atoms with van der Waals surface area (Å²) in [5.41, 5.74) is 1.61. The number of para-hydroxylation sites is 1. The molecule has 0 saturated carbocycles. The Labute approximate surface area is 129 Å². The number of carbonyl (C=O) groups excluding carboxylic acids is 2. The lowest BCUT2D eigenvalue weighted by Crippen LogP contribution is -2.35. The smallest absolute Gasteiger partial charge is 0.282 e. The summed E-state index contributed by atoms with van der Waals surface area (Å²) in [5.74, 6) is -0.162. The van der Waals surface area contributed by atoms with Crippen molar-refractivity contribution in [1.82, 2.24) is 9.88 Å². The van der Waals surface area contributed by atoms with Crippen molar-refractivity contribution >= 4 is 17.6 Å². The van der Waals surface area contributed by atoms with E-state index < -0.39 is 6.04 Å². The van der Waals surface area contributed by atoms with E-state index in [4.69, 9.17) is 0 Å². The third kappa shape index (κ3) is 2.57. The van der Waals surface area contributed by atoms with Gasteiger partial charge in [0.15, 0.2) is 0 Å². The first-order valence-electron chi connectivity index (χ1n) is 7.28. The number of hydrogen-bond acceptors (Lipinski definition) is 3. The van der Waals surface area contributed by atoms with Gasteiger partial charge in [0.05, 0.1) is 0 Å². The van der Waals surface area contributed by atoms with Gasteiger partial charge < -0.3 is 0 Å². The van der Waals surface area contributed by atoms with Crippen molar-refractivity contribution in [3.05, 3.63) is 60.4 Å². The van der Waals surface area contributed by atoms with Crippen molar-refractivity contribution < 1.29 is 9.59 Å². The van der Waals surface area contributed by atoms with Crippen LogP contribution >= 0.6 is 0 Å². The molecular formula is C17H17N3O2. The molecule has 0 N–H and O–H groups in total. The molecule has 2 aromatic rings. The first-order valence-corrected chi connectivity index (χ1v) is 7.28. The minimum Gasteiger partial charge on any atom is -0.282 e. The highest BCUT2D eigenvalue weighted by Crippen LogP contribution is 2.25. The van der Waals surface area contributed by atoms with Crippen molar-refractivity contribution in [3.8, 4) is 0 Å². The molecule has 0 radical (unpaired) electrons. The van der Waals surface area contributed by atoms with E-state index in [-0.39, 0.29) is 11.9 Å². The number of imide groups is 1. The molecule has 3 amide bonds. The van der Waals surface area contributed by atoms with Gasteiger partial charge in [-0.15, -0.1) is 0 Å². The summed E-state index contributed by atoms with van der Waals surface area (Å²) >= 11 is 0. The van der Waals surface area contributed by atoms with Gasteiger partial charge in [-0.2, -0.15) is 0 Å². The molecule has 2 heterocycles. The van der Waals surface area contributed by atoms with Gasteiger partial charge in [-0.1, -0.05) is 24.3 Å². The summed E-state index contributed by atoms with van der Waals surface area (Å²) in [6.45, 7) is 2.11. The van der Waals surface area contributed by atoms with Crippen LogP contribution in [0.2, 0.25) is 0 Å². The summed E-state index contributed by atoms with van der Waals surface area (Å²) in [5, 5.41) is 0. The maximum atomic E-state index is 12.6. The predicted octanol–water partition coefficient (Wildman–Crippen LogP) is 2.48. The number of rotatable bonds is 4. The third-order valence-corrected chi connectivity index (χ3v) is 3.80. The molecule has 0 aliphatic carbocycles. The zero-order chi connectivity index (χ0) is 15.5. The first-order chi connectivity index (χ1) is 10.7. The van der Waals surface area contributed by atoms with Gasteiger partial charge >= 0.3 is 6.03 Å². The van der Waals surface area contributed by atoms with Crippen LogP contribution in [-0.4, -0.2) is 34.4 Å². The molecular weight excluding hydrogens is 278 g/mol. The topological polar surface area (TPSA) is 53.5 Å². The van der Waals surface area contributed by atoms with Crippen molar-refractivity contribution in [2.45, 2.75) is 19.4 Å². The number of aromatic nitrogens is 1. The molecule has 1 unspecified atom stereocenters. The maximum Gasteiger partial charge on any atom is 0.331 e. The van der Waals surface area contributed by atoms with E-state index in [0.717, 1.165) is 11.4 Å². The number of carbonyl (C=O) groups is 2. The minimum absolute atomic E-state index is 0.162. The Morgan fingerprint density at radius 3 is 2.45 bits per heavy atom. The van der Waals surface area contributed by atoms with E-state index in [1.54, 1.807) is 18.0 Å². The van der Waals surface area contributed by atoms with Crippen LogP contribution in [0.5, 0.6) is 0 Å². The van der Waals surface area contributed by atoms with E-state index in [1.807, 2.05) is 48.5 Å². The standard InChI is InChI=1S/C17H17N3O2/c1-13-16(21)19(12-10-14-7-5-6-11-18-14)17(22)20(13)15-8-3-2-4-9-15/h2-9,11,13H,10,12H2,1H3. The Hall–Kier alpha value is -2.69. The van der Waals surface area contributed by atoms with Gasteiger partial charge in [0, 0.05) is 30.5 Å². The fraction of sp³-hybridized carbons (Fsp3) is 0.235. The largest absolute Gasteiger partial charge is 0.331 e. The summed E-state index contributed by atoms with van der Waals surface area (Å²) < 4.78 is 0. The van der Waals surface area contributed by atoms with E-state index in [2.05, 4.69) is 4.98 Å². The molecule has 1 atom stereocenters. The highest BCUT2D eigenvalue weighted by Gasteiger charge is 2.42. The summed E-state index contributed by atoms with van der Waals surface area (Å²) in [4.78, 5) is 32.0. The minimum atomic E-state index is -0.473. The molecule has 112 valence electrons. The van der Waals surface area contributed by atoms with E-state index in [0.29, 0.717) is 13.0 Å². The molecule has 22 heavy (non-hydrogen) atoms. The third-order valence-electron chi connectivity index (χ3n) is 3.80. The molecule has 1 aliphatic heterocycles. The molecule has 1 aliphatic rings. The SMILES string of the molecule is CC1C(=O)N(CCc2ccccn2)C(=O)N1c1ccccc1. The van der Waals surface area contributed by atoms with Gasteiger partial charge in [-0.25, -0.2) is 4.79 Å². The normalized spacial score (nSPS) is 18.1. The highest BCUT2D eigenvalue weighted by molar-refractivity contribution is 6.14. The van der Waals surface area contributed by atoms with Crippen molar-refractivity contribution in [2.75, 3.05) is 11.4 Å². The molecule has 1 fully saturated rings. The van der Waals surface area contributed by atoms with Crippen LogP contribution in [0.25, 0.3) is 0 Å². The van der Waals surface area contributed by atoms with Gasteiger partial charge in [0.1, 0.15) is 6.04 Å². The van der Waals surface area contributed by atoms with Crippen LogP contribution in [0.4, 0.5) is 10.5 Å². The first kappa shape index (κ1) is 14.3. The average molecular weight is 295 g/mol. The van der Waals surface area contributed by atoms with E-state index in [9.17, 15) is 9.59 Å². The monoisotopic (exact) mass is 295 g/mol. The predicted molar refractivity (Wildman–Crippen MR) is 83.4 cm³/mol. The molecule has 1 aromatic carbocycles. The van der Waals surface area contributed by atoms with Crippen LogP contribution in [0, 0.1) is 0 Å². The molecule has 5 nitrogen and oxygen atoms in total. The van der Waals surface area contributed by atoms with Crippen LogP contribution in [0.3, 0.4) is 0 Å². The molecule has 0 spiro atoms. The van der Waals surface area contributed by atoms with Crippen LogP contribution in [0.1, 0.15) is 12.6 Å². The van der Waals surface area contributed by atoms with Gasteiger partial charge in [0.2, 0.25) is 0 Å². The number of pyridine rings is 1. The van der Waals surface area contributed by atoms with Crippen LogP contribution in [0.15, 0.2) is 54.7 Å². The van der Waals surface area contributed by atoms with E-state index >= 15 is 0 Å². The second-order valence-electron chi connectivity index (χ2n) is 5.23. The second-order valence-corrected chi connectivity index (χ2v) is 5.23. The Bertz CT molecular complexity index is 673. The maximum absolute atomic E-state index is 12.6. The Morgan fingerprint density at radius 1 is 1.05 bits per heavy atom. The fourth-order valence-corrected chi connectivity index (χ4v) is 2.63. The quantitative estimate of drug-likeness (QED) is 0.814. The van der Waals surface area contributed by atoms with Crippen LogP contribution in [-0.2, 0) is 11.2 Å². The number of amides is 3. The Kier molecular flexibility index (Phi) is 3.87. The summed E-state index contributed by atoms with van der Waals surface area (Å²) in [6, 6.07) is 14.2. The van der Waals surface area contributed by atoms with Crippen molar-refractivity contribution in [1.29, 1.82) is 0 Å². The molecule has 0 bridgehead atoms. The lowest BCUT2D eigenvalue weighted by Gasteiger charge is -2.19. The number of anilines is 1. The molecule has 1 aromatic heterocycles. The molecule has 5 heteroatoms. The summed E-state index contributed by atoms with van der Waals surface area (Å²) in [6.07, 6.45) is 2.27.